The monoisotopic (exact) mass is 493 g/mol. The summed E-state index contributed by atoms with van der Waals surface area (Å²) in [4.78, 5) is 12.9. The third-order valence-corrected chi connectivity index (χ3v) is 8.92. The smallest absolute Gasteiger partial charge is 0.271 e. The number of benzene rings is 2. The van der Waals surface area contributed by atoms with Gasteiger partial charge in [-0.25, -0.2) is 13.4 Å². The minimum Gasteiger partial charge on any atom is -0.369 e. The number of para-hydroxylation sites is 1. The van der Waals surface area contributed by atoms with Crippen LogP contribution in [0.3, 0.4) is 0 Å². The average Bonchev–Trinajstić information content (AvgIpc) is 3.58. The van der Waals surface area contributed by atoms with Crippen LogP contribution in [0.25, 0.3) is 33.5 Å². The average molecular weight is 494 g/mol. The fraction of sp³-hybridized carbons (Fsp3) is 0.217. The molecular weight excluding hydrogens is 470 g/mol. The van der Waals surface area contributed by atoms with Crippen LogP contribution in [-0.2, 0) is 10.0 Å². The molecule has 1 aliphatic heterocycles. The first-order chi connectivity index (χ1) is 16.5. The molecule has 4 heterocycles. The Morgan fingerprint density at radius 3 is 2.71 bits per heavy atom. The Kier molecular flexibility index (Phi) is 5.05. The van der Waals surface area contributed by atoms with E-state index >= 15 is 0 Å². The van der Waals surface area contributed by atoms with E-state index in [2.05, 4.69) is 48.9 Å². The van der Waals surface area contributed by atoms with Crippen LogP contribution in [0, 0.1) is 0 Å². The number of anilines is 2. The molecule has 5 aromatic rings. The van der Waals surface area contributed by atoms with E-state index in [4.69, 9.17) is 4.98 Å². The van der Waals surface area contributed by atoms with Gasteiger partial charge in [-0.3, -0.25) is 9.82 Å². The molecule has 6 rings (SSSR count). The molecule has 1 fully saturated rings. The predicted octanol–water partition coefficient (Wildman–Crippen LogP) is 3.72. The highest BCUT2D eigenvalue weighted by Crippen LogP contribution is 2.32. The van der Waals surface area contributed by atoms with Gasteiger partial charge >= 0.3 is 0 Å². The molecule has 0 unspecified atom stereocenters. The fourth-order valence-electron chi connectivity index (χ4n) is 4.29. The number of likely N-dealkylation sites (N-methyl/N-ethyl adjacent to an activating group) is 1. The van der Waals surface area contributed by atoms with Crippen LogP contribution in [0.4, 0.5) is 11.4 Å². The van der Waals surface area contributed by atoms with E-state index in [9.17, 15) is 8.42 Å². The molecule has 0 amide bonds. The van der Waals surface area contributed by atoms with E-state index in [1.54, 1.807) is 23.6 Å². The number of nitrogens with zero attached hydrogens (tertiary/aromatic N) is 4. The molecule has 34 heavy (non-hydrogen) atoms. The minimum atomic E-state index is -3.67. The van der Waals surface area contributed by atoms with Crippen molar-refractivity contribution in [2.24, 2.45) is 0 Å². The van der Waals surface area contributed by atoms with Crippen LogP contribution in [0.15, 0.2) is 58.1 Å². The first kappa shape index (κ1) is 21.1. The number of fused-ring (bicyclic) bond motifs is 2. The summed E-state index contributed by atoms with van der Waals surface area (Å²) in [6.07, 6.45) is 0. The van der Waals surface area contributed by atoms with Gasteiger partial charge in [-0.05, 0) is 42.8 Å². The quantitative estimate of drug-likeness (QED) is 0.344. The Labute approximate surface area is 200 Å². The van der Waals surface area contributed by atoms with Gasteiger partial charge in [-0.2, -0.15) is 5.10 Å². The number of sulfonamides is 1. The van der Waals surface area contributed by atoms with Gasteiger partial charge in [0.2, 0.25) is 0 Å². The first-order valence-electron chi connectivity index (χ1n) is 10.9. The zero-order chi connectivity index (χ0) is 23.3. The van der Waals surface area contributed by atoms with Crippen molar-refractivity contribution in [3.8, 4) is 11.5 Å². The maximum Gasteiger partial charge on any atom is 0.271 e. The Balaban J connectivity index is 1.34. The fourth-order valence-corrected chi connectivity index (χ4v) is 6.35. The molecule has 0 radical (unpaired) electrons. The van der Waals surface area contributed by atoms with E-state index < -0.39 is 10.0 Å². The number of aromatic amines is 2. The van der Waals surface area contributed by atoms with Gasteiger partial charge in [0, 0.05) is 37.3 Å². The van der Waals surface area contributed by atoms with Gasteiger partial charge in [-0.1, -0.05) is 18.2 Å². The molecule has 174 valence electrons. The topological polar surface area (TPSA) is 110 Å². The highest BCUT2D eigenvalue weighted by atomic mass is 32.2. The molecule has 0 saturated carbocycles. The SMILES string of the molecule is CN1CCN(c2ccc3nc(-c4[nH]nc5c(NS(=O)(=O)c6cccs6)cccc45)[nH]c3c2)CC1. The van der Waals surface area contributed by atoms with Crippen molar-refractivity contribution in [3.05, 3.63) is 53.9 Å². The summed E-state index contributed by atoms with van der Waals surface area (Å²) in [5.74, 6) is 0.659. The number of rotatable bonds is 5. The molecule has 1 aliphatic rings. The van der Waals surface area contributed by atoms with E-state index in [0.717, 1.165) is 42.6 Å². The lowest BCUT2D eigenvalue weighted by molar-refractivity contribution is 0.313. The van der Waals surface area contributed by atoms with Crippen molar-refractivity contribution in [2.75, 3.05) is 42.8 Å². The molecule has 2 aromatic carbocycles. The maximum absolute atomic E-state index is 12.7. The molecule has 0 atom stereocenters. The molecule has 0 aliphatic carbocycles. The van der Waals surface area contributed by atoms with E-state index in [1.807, 2.05) is 18.2 Å². The van der Waals surface area contributed by atoms with Crippen LogP contribution >= 0.6 is 11.3 Å². The van der Waals surface area contributed by atoms with Crippen molar-refractivity contribution < 1.29 is 8.42 Å². The van der Waals surface area contributed by atoms with Crippen LogP contribution in [0.1, 0.15) is 0 Å². The maximum atomic E-state index is 12.7. The molecular formula is C23H23N7O2S2. The number of aromatic nitrogens is 4. The summed E-state index contributed by atoms with van der Waals surface area (Å²) in [5, 5.41) is 9.97. The molecule has 3 aromatic heterocycles. The summed E-state index contributed by atoms with van der Waals surface area (Å²) >= 11 is 1.17. The second-order valence-electron chi connectivity index (χ2n) is 8.42. The Morgan fingerprint density at radius 1 is 1.06 bits per heavy atom. The lowest BCUT2D eigenvalue weighted by atomic mass is 10.2. The molecule has 9 nitrogen and oxygen atoms in total. The lowest BCUT2D eigenvalue weighted by Crippen LogP contribution is -2.44. The van der Waals surface area contributed by atoms with Crippen molar-refractivity contribution >= 4 is 54.7 Å². The van der Waals surface area contributed by atoms with E-state index in [-0.39, 0.29) is 4.21 Å². The van der Waals surface area contributed by atoms with Gasteiger partial charge in [0.05, 0.1) is 16.7 Å². The minimum absolute atomic E-state index is 0.258. The van der Waals surface area contributed by atoms with Crippen LogP contribution < -0.4 is 9.62 Å². The zero-order valence-electron chi connectivity index (χ0n) is 18.4. The van der Waals surface area contributed by atoms with Gasteiger partial charge in [0.25, 0.3) is 10.0 Å². The summed E-state index contributed by atoms with van der Waals surface area (Å²) in [6, 6.07) is 15.0. The standard InChI is InChI=1S/C23H23N7O2S2/c1-29-9-11-30(12-10-29)15-7-8-17-19(14-15)25-23(24-17)22-16-4-2-5-18(21(16)26-27-22)28-34(31,32)20-6-3-13-33-20/h2-8,13-14,28H,9-12H2,1H3,(H,24,25)(H,26,27). The zero-order valence-corrected chi connectivity index (χ0v) is 20.1. The number of nitrogens with one attached hydrogen (secondary N) is 3. The number of piperazine rings is 1. The van der Waals surface area contributed by atoms with E-state index in [0.29, 0.717) is 22.7 Å². The normalized spacial score (nSPS) is 15.4. The van der Waals surface area contributed by atoms with Crippen LogP contribution in [0.2, 0.25) is 0 Å². The Hall–Kier alpha value is -3.41. The number of imidazole rings is 1. The van der Waals surface area contributed by atoms with Crippen LogP contribution in [-0.4, -0.2) is 66.7 Å². The number of H-pyrrole nitrogens is 2. The van der Waals surface area contributed by atoms with E-state index in [1.165, 1.54) is 17.0 Å². The number of hydrogen-bond donors (Lipinski definition) is 3. The third kappa shape index (κ3) is 3.71. The molecule has 11 heteroatoms. The summed E-state index contributed by atoms with van der Waals surface area (Å²) in [6.45, 7) is 4.09. The van der Waals surface area contributed by atoms with Gasteiger partial charge in [0.1, 0.15) is 15.4 Å². The number of hydrogen-bond acceptors (Lipinski definition) is 7. The highest BCUT2D eigenvalue weighted by molar-refractivity contribution is 7.94. The largest absolute Gasteiger partial charge is 0.369 e. The van der Waals surface area contributed by atoms with Gasteiger partial charge in [-0.15, -0.1) is 11.3 Å². The second-order valence-corrected chi connectivity index (χ2v) is 11.3. The molecule has 0 bridgehead atoms. The van der Waals surface area contributed by atoms with Gasteiger partial charge in [0.15, 0.2) is 5.82 Å². The van der Waals surface area contributed by atoms with Crippen molar-refractivity contribution in [1.82, 2.24) is 25.1 Å². The van der Waals surface area contributed by atoms with Crippen molar-refractivity contribution in [3.63, 3.8) is 0 Å². The number of thiophene rings is 1. The lowest BCUT2D eigenvalue weighted by Gasteiger charge is -2.34. The molecule has 3 N–H and O–H groups in total. The first-order valence-corrected chi connectivity index (χ1v) is 13.3. The summed E-state index contributed by atoms with van der Waals surface area (Å²) < 4.78 is 28.4. The highest BCUT2D eigenvalue weighted by Gasteiger charge is 2.20. The Morgan fingerprint density at radius 2 is 1.91 bits per heavy atom. The summed E-state index contributed by atoms with van der Waals surface area (Å²) in [5.41, 5.74) is 4.66. The van der Waals surface area contributed by atoms with Crippen molar-refractivity contribution in [1.29, 1.82) is 0 Å². The molecule has 1 saturated heterocycles. The molecule has 0 spiro atoms. The summed E-state index contributed by atoms with van der Waals surface area (Å²) in [7, 11) is -1.53. The van der Waals surface area contributed by atoms with Crippen LogP contribution in [0.5, 0.6) is 0 Å². The van der Waals surface area contributed by atoms with Gasteiger partial charge < -0.3 is 14.8 Å². The predicted molar refractivity (Wildman–Crippen MR) is 136 cm³/mol. The second kappa shape index (κ2) is 8.12. The van der Waals surface area contributed by atoms with Crippen molar-refractivity contribution in [2.45, 2.75) is 4.21 Å². The third-order valence-electron chi connectivity index (χ3n) is 6.16. The Bertz CT molecular complexity index is 1580.